The van der Waals surface area contributed by atoms with Gasteiger partial charge >= 0.3 is 0 Å². The number of carbonyl (C=O) groups is 2. The molecule has 7 nitrogen and oxygen atoms in total. The van der Waals surface area contributed by atoms with Gasteiger partial charge in [0, 0.05) is 22.2 Å². The van der Waals surface area contributed by atoms with E-state index in [1.807, 2.05) is 11.0 Å². The van der Waals surface area contributed by atoms with Crippen molar-refractivity contribution in [1.29, 1.82) is 0 Å². The first kappa shape index (κ1) is 21.5. The summed E-state index contributed by atoms with van der Waals surface area (Å²) in [6.07, 6.45) is 3.26. The van der Waals surface area contributed by atoms with Crippen molar-refractivity contribution >= 4 is 50.9 Å². The van der Waals surface area contributed by atoms with Crippen LogP contribution in [0.5, 0.6) is 5.75 Å². The molecule has 0 radical (unpaired) electrons. The van der Waals surface area contributed by atoms with Crippen LogP contribution in [0.15, 0.2) is 41.0 Å². The van der Waals surface area contributed by atoms with Crippen LogP contribution in [0.4, 0.5) is 11.5 Å². The van der Waals surface area contributed by atoms with E-state index in [9.17, 15) is 9.59 Å². The fraction of sp³-hybridized carbons (Fsp3) is 0.350. The van der Waals surface area contributed by atoms with Crippen LogP contribution in [0.2, 0.25) is 5.02 Å². The second-order valence-electron chi connectivity index (χ2n) is 6.82. The summed E-state index contributed by atoms with van der Waals surface area (Å²) in [6.45, 7) is 1.47. The van der Waals surface area contributed by atoms with E-state index in [0.29, 0.717) is 28.8 Å². The minimum atomic E-state index is -0.192. The first-order valence-electron chi connectivity index (χ1n) is 9.23. The first-order chi connectivity index (χ1) is 13.9. The molecule has 2 N–H and O–H groups in total. The van der Waals surface area contributed by atoms with Gasteiger partial charge in [-0.05, 0) is 65.6 Å². The summed E-state index contributed by atoms with van der Waals surface area (Å²) in [5.74, 6) is 0.604. The third kappa shape index (κ3) is 6.16. The normalized spacial score (nSPS) is 16.9. The van der Waals surface area contributed by atoms with E-state index in [2.05, 4.69) is 31.5 Å². The van der Waals surface area contributed by atoms with E-state index in [0.717, 1.165) is 23.9 Å². The second-order valence-corrected chi connectivity index (χ2v) is 8.17. The summed E-state index contributed by atoms with van der Waals surface area (Å²) in [6, 6.07) is 8.62. The van der Waals surface area contributed by atoms with Crippen molar-refractivity contribution in [2.24, 2.45) is 5.92 Å². The Bertz CT molecular complexity index is 879. The van der Waals surface area contributed by atoms with Gasteiger partial charge < -0.3 is 15.4 Å². The van der Waals surface area contributed by atoms with Gasteiger partial charge in [0.15, 0.2) is 0 Å². The van der Waals surface area contributed by atoms with Crippen LogP contribution < -0.4 is 15.4 Å². The summed E-state index contributed by atoms with van der Waals surface area (Å²) < 4.78 is 6.10. The number of benzene rings is 1. The third-order valence-corrected chi connectivity index (χ3v) is 5.36. The number of piperidine rings is 1. The highest BCUT2D eigenvalue weighted by molar-refractivity contribution is 9.10. The Morgan fingerprint density at radius 2 is 2.14 bits per heavy atom. The topological polar surface area (TPSA) is 83.6 Å². The van der Waals surface area contributed by atoms with Crippen molar-refractivity contribution in [3.63, 3.8) is 0 Å². The standard InChI is InChI=1S/C20H22BrClN4O3/c1-29-17-6-5-15(22)9-16(17)24-19(27)12-26-8-2-3-13(11-26)20(28)25-18-7-4-14(21)10-23-18/h4-7,9-10,13H,2-3,8,11-12H2,1H3,(H,24,27)(H,23,25,28). The number of nitrogens with zero attached hydrogens (tertiary/aromatic N) is 2. The number of carbonyl (C=O) groups excluding carboxylic acids is 2. The van der Waals surface area contributed by atoms with Crippen LogP contribution in [0.3, 0.4) is 0 Å². The summed E-state index contributed by atoms with van der Waals surface area (Å²) in [5.41, 5.74) is 0.526. The van der Waals surface area contributed by atoms with Crippen molar-refractivity contribution in [1.82, 2.24) is 9.88 Å². The minimum Gasteiger partial charge on any atom is -0.495 e. The van der Waals surface area contributed by atoms with E-state index in [-0.39, 0.29) is 24.3 Å². The number of halogens is 2. The number of hydrogen-bond donors (Lipinski definition) is 2. The molecule has 1 aliphatic heterocycles. The molecule has 29 heavy (non-hydrogen) atoms. The number of rotatable bonds is 6. The average molecular weight is 482 g/mol. The molecule has 154 valence electrons. The monoisotopic (exact) mass is 480 g/mol. The van der Waals surface area contributed by atoms with Crippen LogP contribution in [0.25, 0.3) is 0 Å². The van der Waals surface area contributed by atoms with Gasteiger partial charge in [-0.15, -0.1) is 0 Å². The Morgan fingerprint density at radius 1 is 1.31 bits per heavy atom. The van der Waals surface area contributed by atoms with Crippen molar-refractivity contribution in [3.05, 3.63) is 46.0 Å². The maximum Gasteiger partial charge on any atom is 0.238 e. The molecule has 2 heterocycles. The molecule has 0 bridgehead atoms. The number of methoxy groups -OCH3 is 1. The zero-order valence-corrected chi connectivity index (χ0v) is 18.3. The molecular weight excluding hydrogens is 460 g/mol. The van der Waals surface area contributed by atoms with Crippen molar-refractivity contribution < 1.29 is 14.3 Å². The number of pyridine rings is 1. The van der Waals surface area contributed by atoms with Gasteiger partial charge in [-0.3, -0.25) is 14.5 Å². The molecule has 1 fully saturated rings. The van der Waals surface area contributed by atoms with E-state index in [4.69, 9.17) is 16.3 Å². The van der Waals surface area contributed by atoms with E-state index in [1.54, 1.807) is 30.5 Å². The maximum atomic E-state index is 12.6. The summed E-state index contributed by atoms with van der Waals surface area (Å²) in [5, 5.41) is 6.19. The number of anilines is 2. The Hall–Kier alpha value is -2.16. The molecule has 0 aliphatic carbocycles. The number of nitrogens with one attached hydrogen (secondary N) is 2. The average Bonchev–Trinajstić information content (AvgIpc) is 2.70. The molecule has 2 amide bonds. The number of ether oxygens (including phenoxy) is 1. The fourth-order valence-corrected chi connectivity index (χ4v) is 3.67. The van der Waals surface area contributed by atoms with E-state index in [1.165, 1.54) is 7.11 Å². The molecule has 0 saturated carbocycles. The zero-order chi connectivity index (χ0) is 20.8. The van der Waals surface area contributed by atoms with Gasteiger partial charge in [-0.25, -0.2) is 4.98 Å². The van der Waals surface area contributed by atoms with Gasteiger partial charge in [-0.1, -0.05) is 11.6 Å². The van der Waals surface area contributed by atoms with Crippen LogP contribution in [0.1, 0.15) is 12.8 Å². The number of likely N-dealkylation sites (tertiary alicyclic amines) is 1. The second kappa shape index (κ2) is 10.0. The lowest BCUT2D eigenvalue weighted by molar-refractivity contribution is -0.123. The summed E-state index contributed by atoms with van der Waals surface area (Å²) >= 11 is 9.33. The lowest BCUT2D eigenvalue weighted by atomic mass is 9.97. The highest BCUT2D eigenvalue weighted by Crippen LogP contribution is 2.27. The molecule has 1 aliphatic rings. The van der Waals surface area contributed by atoms with E-state index >= 15 is 0 Å². The van der Waals surface area contributed by atoms with Gasteiger partial charge in [0.2, 0.25) is 11.8 Å². The van der Waals surface area contributed by atoms with Crippen molar-refractivity contribution in [2.45, 2.75) is 12.8 Å². The van der Waals surface area contributed by atoms with Gasteiger partial charge in [0.25, 0.3) is 0 Å². The summed E-state index contributed by atoms with van der Waals surface area (Å²) in [4.78, 5) is 31.2. The van der Waals surface area contributed by atoms with Crippen molar-refractivity contribution in [2.75, 3.05) is 37.4 Å². The largest absolute Gasteiger partial charge is 0.495 e. The Balaban J connectivity index is 1.55. The Morgan fingerprint density at radius 3 is 2.86 bits per heavy atom. The van der Waals surface area contributed by atoms with E-state index < -0.39 is 0 Å². The SMILES string of the molecule is COc1ccc(Cl)cc1NC(=O)CN1CCCC(C(=O)Nc2ccc(Br)cn2)C1. The maximum absolute atomic E-state index is 12.6. The molecule has 0 spiro atoms. The number of aromatic nitrogens is 1. The third-order valence-electron chi connectivity index (χ3n) is 4.66. The van der Waals surface area contributed by atoms with Gasteiger partial charge in [0.05, 0.1) is 25.3 Å². The molecule has 9 heteroatoms. The highest BCUT2D eigenvalue weighted by Gasteiger charge is 2.27. The molecule has 3 rings (SSSR count). The molecule has 1 unspecified atom stereocenters. The smallest absolute Gasteiger partial charge is 0.238 e. The molecule has 1 aromatic heterocycles. The summed E-state index contributed by atoms with van der Waals surface area (Å²) in [7, 11) is 1.53. The lowest BCUT2D eigenvalue weighted by Crippen LogP contribution is -2.44. The Labute approximate surface area is 182 Å². The van der Waals surface area contributed by atoms with Crippen molar-refractivity contribution in [3.8, 4) is 5.75 Å². The molecule has 1 saturated heterocycles. The fourth-order valence-electron chi connectivity index (χ4n) is 3.26. The number of amides is 2. The molecule has 1 atom stereocenters. The minimum absolute atomic E-state index is 0.0820. The molecular formula is C20H22BrClN4O3. The predicted octanol–water partition coefficient (Wildman–Crippen LogP) is 3.80. The van der Waals surface area contributed by atoms with Crippen LogP contribution >= 0.6 is 27.5 Å². The molecule has 1 aromatic carbocycles. The Kier molecular flexibility index (Phi) is 7.46. The van der Waals surface area contributed by atoms with Gasteiger partial charge in [-0.2, -0.15) is 0 Å². The predicted molar refractivity (Wildman–Crippen MR) is 116 cm³/mol. The quantitative estimate of drug-likeness (QED) is 0.656. The highest BCUT2D eigenvalue weighted by atomic mass is 79.9. The van der Waals surface area contributed by atoms with Crippen LogP contribution in [0, 0.1) is 5.92 Å². The molecule has 2 aromatic rings. The lowest BCUT2D eigenvalue weighted by Gasteiger charge is -2.31. The van der Waals surface area contributed by atoms with Crippen LogP contribution in [-0.2, 0) is 9.59 Å². The van der Waals surface area contributed by atoms with Crippen LogP contribution in [-0.4, -0.2) is 48.4 Å². The zero-order valence-electron chi connectivity index (χ0n) is 16.0. The first-order valence-corrected chi connectivity index (χ1v) is 10.4. The van der Waals surface area contributed by atoms with Gasteiger partial charge in [0.1, 0.15) is 11.6 Å². The number of hydrogen-bond acceptors (Lipinski definition) is 5.